The lowest BCUT2D eigenvalue weighted by Crippen LogP contribution is -2.30. The summed E-state index contributed by atoms with van der Waals surface area (Å²) in [4.78, 5) is 15.1. The minimum atomic E-state index is 0.00792. The molecule has 0 bridgehead atoms. The summed E-state index contributed by atoms with van der Waals surface area (Å²) in [5.41, 5.74) is 4.41. The monoisotopic (exact) mass is 332 g/mol. The number of aryl methyl sites for hydroxylation is 1. The van der Waals surface area contributed by atoms with Crippen LogP contribution < -0.4 is 0 Å². The van der Waals surface area contributed by atoms with Gasteiger partial charge in [0.25, 0.3) is 5.91 Å². The first-order valence-corrected chi connectivity index (χ1v) is 9.01. The number of amides is 1. The molecule has 1 aliphatic heterocycles. The molecule has 3 nitrogen and oxygen atoms in total. The van der Waals surface area contributed by atoms with Gasteiger partial charge in [-0.25, -0.2) is 0 Å². The molecular weight excluding hydrogens is 308 g/mol. The SMILES string of the molecule is CC(C)CCN1C(=O)c2ccccc2[C@H]1c1cn(C)c2ccccc12. The lowest BCUT2D eigenvalue weighted by atomic mass is 9.97. The van der Waals surface area contributed by atoms with E-state index >= 15 is 0 Å². The highest BCUT2D eigenvalue weighted by molar-refractivity contribution is 6.00. The summed E-state index contributed by atoms with van der Waals surface area (Å²) in [6.45, 7) is 5.21. The van der Waals surface area contributed by atoms with Crippen molar-refractivity contribution in [1.82, 2.24) is 9.47 Å². The third kappa shape index (κ3) is 2.55. The van der Waals surface area contributed by atoms with Crippen molar-refractivity contribution in [3.63, 3.8) is 0 Å². The van der Waals surface area contributed by atoms with Crippen molar-refractivity contribution in [3.8, 4) is 0 Å². The van der Waals surface area contributed by atoms with Crippen LogP contribution >= 0.6 is 0 Å². The fraction of sp³-hybridized carbons (Fsp3) is 0.318. The molecule has 4 rings (SSSR count). The van der Waals surface area contributed by atoms with E-state index in [0.717, 1.165) is 24.1 Å². The molecule has 0 radical (unpaired) electrons. The molecule has 1 amide bonds. The van der Waals surface area contributed by atoms with E-state index < -0.39 is 0 Å². The number of hydrogen-bond acceptors (Lipinski definition) is 1. The van der Waals surface area contributed by atoms with Gasteiger partial charge in [0.05, 0.1) is 6.04 Å². The molecule has 25 heavy (non-hydrogen) atoms. The van der Waals surface area contributed by atoms with Crippen molar-refractivity contribution >= 4 is 16.8 Å². The number of nitrogens with zero attached hydrogens (tertiary/aromatic N) is 2. The molecule has 0 saturated heterocycles. The smallest absolute Gasteiger partial charge is 0.255 e. The summed E-state index contributed by atoms with van der Waals surface area (Å²) in [5, 5.41) is 1.23. The summed E-state index contributed by atoms with van der Waals surface area (Å²) in [6, 6.07) is 16.5. The zero-order chi connectivity index (χ0) is 17.6. The van der Waals surface area contributed by atoms with E-state index in [0.29, 0.717) is 5.92 Å². The Morgan fingerprint density at radius 1 is 1.00 bits per heavy atom. The van der Waals surface area contributed by atoms with Gasteiger partial charge >= 0.3 is 0 Å². The van der Waals surface area contributed by atoms with E-state index in [9.17, 15) is 4.79 Å². The highest BCUT2D eigenvalue weighted by Gasteiger charge is 2.38. The molecule has 2 heterocycles. The van der Waals surface area contributed by atoms with Crippen molar-refractivity contribution in [2.75, 3.05) is 6.54 Å². The van der Waals surface area contributed by atoms with Gasteiger partial charge in [-0.15, -0.1) is 0 Å². The second-order valence-electron chi connectivity index (χ2n) is 7.38. The lowest BCUT2D eigenvalue weighted by Gasteiger charge is -2.26. The van der Waals surface area contributed by atoms with Crippen molar-refractivity contribution in [3.05, 3.63) is 71.4 Å². The van der Waals surface area contributed by atoms with Crippen LogP contribution in [0.2, 0.25) is 0 Å². The molecule has 1 aromatic heterocycles. The summed E-state index contributed by atoms with van der Waals surface area (Å²) in [5.74, 6) is 0.735. The Labute approximate surface area is 148 Å². The van der Waals surface area contributed by atoms with Gasteiger partial charge in [-0.05, 0) is 30.0 Å². The minimum Gasteiger partial charge on any atom is -0.350 e. The molecule has 0 unspecified atom stereocenters. The Balaban J connectivity index is 1.87. The van der Waals surface area contributed by atoms with Crippen molar-refractivity contribution in [2.45, 2.75) is 26.3 Å². The molecule has 0 aliphatic carbocycles. The van der Waals surface area contributed by atoms with Crippen LogP contribution in [-0.2, 0) is 7.05 Å². The molecular formula is C22H24N2O. The summed E-state index contributed by atoms with van der Waals surface area (Å²) < 4.78 is 2.16. The predicted molar refractivity (Wildman–Crippen MR) is 102 cm³/mol. The Morgan fingerprint density at radius 3 is 2.52 bits per heavy atom. The first-order chi connectivity index (χ1) is 12.1. The highest BCUT2D eigenvalue weighted by Crippen LogP contribution is 2.41. The Kier molecular flexibility index (Phi) is 3.87. The maximum Gasteiger partial charge on any atom is 0.255 e. The molecule has 0 spiro atoms. The molecule has 1 atom stereocenters. The lowest BCUT2D eigenvalue weighted by molar-refractivity contribution is 0.0742. The average Bonchev–Trinajstić information content (AvgIpc) is 3.09. The van der Waals surface area contributed by atoms with Crippen LogP contribution in [0.1, 0.15) is 47.8 Å². The van der Waals surface area contributed by atoms with Crippen LogP contribution in [0.5, 0.6) is 0 Å². The number of benzene rings is 2. The largest absolute Gasteiger partial charge is 0.350 e. The zero-order valence-electron chi connectivity index (χ0n) is 15.1. The van der Waals surface area contributed by atoms with Crippen LogP contribution in [0.25, 0.3) is 10.9 Å². The van der Waals surface area contributed by atoms with E-state index in [4.69, 9.17) is 0 Å². The fourth-order valence-corrected chi connectivity index (χ4v) is 3.92. The molecule has 0 saturated carbocycles. The van der Waals surface area contributed by atoms with Crippen LogP contribution in [0, 0.1) is 5.92 Å². The standard InChI is InChI=1S/C22H24N2O/c1-15(2)12-13-24-21(17-9-4-5-10-18(17)22(24)25)19-14-23(3)20-11-7-6-8-16(19)20/h4-11,14-15,21H,12-13H2,1-3H3/t21-/m0/s1. The van der Waals surface area contributed by atoms with Gasteiger partial charge in [0.15, 0.2) is 0 Å². The normalized spacial score (nSPS) is 16.9. The van der Waals surface area contributed by atoms with Crippen molar-refractivity contribution in [1.29, 1.82) is 0 Å². The van der Waals surface area contributed by atoms with Gasteiger partial charge in [0, 0.05) is 41.8 Å². The molecule has 3 heteroatoms. The van der Waals surface area contributed by atoms with Gasteiger partial charge in [-0.2, -0.15) is 0 Å². The number of fused-ring (bicyclic) bond motifs is 2. The molecule has 3 aromatic rings. The van der Waals surface area contributed by atoms with Crippen LogP contribution in [-0.4, -0.2) is 21.9 Å². The minimum absolute atomic E-state index is 0.00792. The Hall–Kier alpha value is -2.55. The molecule has 2 aromatic carbocycles. The van der Waals surface area contributed by atoms with E-state index in [1.807, 2.05) is 18.2 Å². The maximum atomic E-state index is 13.1. The van der Waals surface area contributed by atoms with Crippen molar-refractivity contribution < 1.29 is 4.79 Å². The number of rotatable bonds is 4. The summed E-state index contributed by atoms with van der Waals surface area (Å²) in [6.07, 6.45) is 3.20. The van der Waals surface area contributed by atoms with Gasteiger partial charge in [-0.1, -0.05) is 50.2 Å². The van der Waals surface area contributed by atoms with E-state index in [1.54, 1.807) is 0 Å². The number of hydrogen-bond donors (Lipinski definition) is 0. The predicted octanol–water partition coefficient (Wildman–Crippen LogP) is 4.77. The molecule has 0 N–H and O–H groups in total. The van der Waals surface area contributed by atoms with Gasteiger partial charge < -0.3 is 9.47 Å². The highest BCUT2D eigenvalue weighted by atomic mass is 16.2. The summed E-state index contributed by atoms with van der Waals surface area (Å²) >= 11 is 0. The van der Waals surface area contributed by atoms with Gasteiger partial charge in [-0.3, -0.25) is 4.79 Å². The fourth-order valence-electron chi connectivity index (χ4n) is 3.92. The molecule has 128 valence electrons. The molecule has 0 fully saturated rings. The maximum absolute atomic E-state index is 13.1. The molecule has 1 aliphatic rings. The second-order valence-corrected chi connectivity index (χ2v) is 7.38. The van der Waals surface area contributed by atoms with Gasteiger partial charge in [0.1, 0.15) is 0 Å². The Morgan fingerprint density at radius 2 is 1.72 bits per heavy atom. The topological polar surface area (TPSA) is 25.2 Å². The zero-order valence-corrected chi connectivity index (χ0v) is 15.1. The van der Waals surface area contributed by atoms with E-state index in [-0.39, 0.29) is 11.9 Å². The number of carbonyl (C=O) groups is 1. The third-order valence-corrected chi connectivity index (χ3v) is 5.23. The summed E-state index contributed by atoms with van der Waals surface area (Å²) in [7, 11) is 2.08. The van der Waals surface area contributed by atoms with Crippen molar-refractivity contribution in [2.24, 2.45) is 13.0 Å². The third-order valence-electron chi connectivity index (χ3n) is 5.23. The quantitative estimate of drug-likeness (QED) is 0.675. The van der Waals surface area contributed by atoms with E-state index in [2.05, 4.69) is 66.9 Å². The van der Waals surface area contributed by atoms with Crippen LogP contribution in [0.15, 0.2) is 54.7 Å². The first kappa shape index (κ1) is 15.9. The second kappa shape index (κ2) is 6.07. The van der Waals surface area contributed by atoms with E-state index in [1.165, 1.54) is 16.5 Å². The number of carbonyl (C=O) groups excluding carboxylic acids is 1. The van der Waals surface area contributed by atoms with Crippen LogP contribution in [0.4, 0.5) is 0 Å². The number of para-hydroxylation sites is 1. The van der Waals surface area contributed by atoms with Gasteiger partial charge in [0.2, 0.25) is 0 Å². The number of aromatic nitrogens is 1. The Bertz CT molecular complexity index is 938. The average molecular weight is 332 g/mol. The van der Waals surface area contributed by atoms with Crippen LogP contribution in [0.3, 0.4) is 0 Å². The first-order valence-electron chi connectivity index (χ1n) is 9.01.